The molecule has 5 aliphatic rings. The number of hydrogen-bond acceptors (Lipinski definition) is 10. The smallest absolute Gasteiger partial charge is 0.246 e. The van der Waals surface area contributed by atoms with E-state index in [1.165, 1.54) is 20.9 Å². The van der Waals surface area contributed by atoms with E-state index in [2.05, 4.69) is 54.7 Å². The Balaban J connectivity index is 1.01. The molecule has 1 unspecified atom stereocenters. The van der Waals surface area contributed by atoms with Gasteiger partial charge < -0.3 is 52.3 Å². The fraction of sp³-hybridized carbons (Fsp3) is 0.655. The molecular weight excluding hydrogens is 965 g/mol. The van der Waals surface area contributed by atoms with E-state index in [4.69, 9.17) is 0 Å². The Morgan fingerprint density at radius 2 is 0.855 bits per heavy atom. The molecule has 2 aromatic rings. The molecule has 18 nitrogen and oxygen atoms in total. The van der Waals surface area contributed by atoms with E-state index in [-0.39, 0.29) is 73.5 Å². The molecule has 2 saturated heterocycles. The van der Waals surface area contributed by atoms with Gasteiger partial charge in [0.15, 0.2) is 0 Å². The van der Waals surface area contributed by atoms with Crippen LogP contribution in [0.25, 0.3) is 0 Å². The molecule has 18 heteroatoms. The van der Waals surface area contributed by atoms with Gasteiger partial charge in [-0.15, -0.1) is 0 Å². The monoisotopic (exact) mass is 1050 g/mol. The van der Waals surface area contributed by atoms with Crippen molar-refractivity contribution < 1.29 is 38.4 Å². The summed E-state index contributed by atoms with van der Waals surface area (Å²) >= 11 is 0. The number of fused-ring (bicyclic) bond motifs is 2. The number of carbonyl (C=O) groups is 8. The molecule has 1 saturated carbocycles. The molecule has 8 N–H and O–H groups in total. The van der Waals surface area contributed by atoms with E-state index in [0.717, 1.165) is 49.7 Å². The number of likely N-dealkylation sites (tertiary alicyclic amines) is 2. The second kappa shape index (κ2) is 24.6. The molecule has 8 amide bonds. The Kier molecular flexibility index (Phi) is 18.7. The van der Waals surface area contributed by atoms with Crippen LogP contribution in [0.5, 0.6) is 0 Å². The van der Waals surface area contributed by atoms with Crippen molar-refractivity contribution >= 4 is 47.3 Å². The summed E-state index contributed by atoms with van der Waals surface area (Å²) in [6.45, 7) is 14.8. The zero-order valence-electron chi connectivity index (χ0n) is 46.6. The molecule has 0 spiro atoms. The lowest BCUT2D eigenvalue weighted by Gasteiger charge is -2.36. The Bertz CT molecular complexity index is 2290. The lowest BCUT2D eigenvalue weighted by Crippen LogP contribution is -2.59. The summed E-state index contributed by atoms with van der Waals surface area (Å²) < 4.78 is 0. The standard InChI is InChI=1S/C58H86N10O8/c1-33(59-9)49(69)65-47(57(3,4)5)55(75)67-31-39(29-45(67)53(73)63-43-23-15-19-35-17-11-13-21-41(35)43)61-51(71)37-25-27-38(28-26-37)52(72)62-40-30-46(54(74)64-44-24-16-20-36-18-12-14-22-42(36)44)68(32-40)56(76)48(58(6,7)8)66-50(70)34(2)60-10/h11-14,17-18,21-22,33-34,37-40,43-48,59-60H,15-16,19-20,23-32H2,1-10H3,(H,61,71)(H,62,72)(H,63,73)(H,64,74)(H,65,69)(H,66,70)/t33-,34-,37?,38?,39-,40-,43+,44?,45-,46-,47+,48+/m0/s1. The van der Waals surface area contributed by atoms with E-state index in [1.807, 2.05) is 77.9 Å². The molecule has 2 aromatic carbocycles. The highest BCUT2D eigenvalue weighted by Crippen LogP contribution is 2.35. The zero-order chi connectivity index (χ0) is 55.2. The van der Waals surface area contributed by atoms with Crippen LogP contribution < -0.4 is 42.5 Å². The maximum Gasteiger partial charge on any atom is 0.246 e. The molecule has 10 atom stereocenters. The topological polar surface area (TPSA) is 239 Å². The highest BCUT2D eigenvalue weighted by molar-refractivity contribution is 5.96. The summed E-state index contributed by atoms with van der Waals surface area (Å²) in [5, 5.41) is 24.6. The first kappa shape index (κ1) is 57.8. The minimum absolute atomic E-state index is 0.0809. The molecule has 2 heterocycles. The van der Waals surface area contributed by atoms with Gasteiger partial charge in [-0.05, 0) is 138 Å². The predicted molar refractivity (Wildman–Crippen MR) is 290 cm³/mol. The van der Waals surface area contributed by atoms with Gasteiger partial charge in [-0.1, -0.05) is 90.1 Å². The van der Waals surface area contributed by atoms with Crippen molar-refractivity contribution in [3.05, 3.63) is 70.8 Å². The van der Waals surface area contributed by atoms with Crippen molar-refractivity contribution in [2.45, 2.75) is 193 Å². The van der Waals surface area contributed by atoms with Crippen molar-refractivity contribution in [2.24, 2.45) is 22.7 Å². The largest absolute Gasteiger partial charge is 0.351 e. The Morgan fingerprint density at radius 1 is 0.500 bits per heavy atom. The molecule has 0 aromatic heterocycles. The number of nitrogens with zero attached hydrogens (tertiary/aromatic N) is 2. The summed E-state index contributed by atoms with van der Waals surface area (Å²) in [6.07, 6.45) is 7.32. The minimum atomic E-state index is -0.951. The molecule has 7 rings (SSSR count). The number of carbonyl (C=O) groups excluding carboxylic acids is 8. The van der Waals surface area contributed by atoms with Gasteiger partial charge in [-0.2, -0.15) is 0 Å². The normalized spacial score (nSPS) is 26.1. The summed E-state index contributed by atoms with van der Waals surface area (Å²) in [7, 11) is 3.34. The molecule has 3 aliphatic carbocycles. The Hall–Kier alpha value is -5.88. The lowest BCUT2D eigenvalue weighted by atomic mass is 9.81. The van der Waals surface area contributed by atoms with Crippen molar-refractivity contribution in [3.8, 4) is 0 Å². The van der Waals surface area contributed by atoms with Crippen LogP contribution in [0.1, 0.15) is 154 Å². The van der Waals surface area contributed by atoms with E-state index >= 15 is 0 Å². The Morgan fingerprint density at radius 3 is 1.20 bits per heavy atom. The molecule has 0 bridgehead atoms. The summed E-state index contributed by atoms with van der Waals surface area (Å²) in [4.78, 5) is 116. The average Bonchev–Trinajstić information content (AvgIpc) is 4.03. The van der Waals surface area contributed by atoms with Gasteiger partial charge in [-0.3, -0.25) is 38.4 Å². The third kappa shape index (κ3) is 13.6. The van der Waals surface area contributed by atoms with Gasteiger partial charge in [0.05, 0.1) is 24.2 Å². The van der Waals surface area contributed by atoms with Crippen LogP contribution >= 0.6 is 0 Å². The van der Waals surface area contributed by atoms with E-state index < -0.39 is 82.8 Å². The first-order valence-electron chi connectivity index (χ1n) is 27.9. The maximum absolute atomic E-state index is 14.7. The average molecular weight is 1050 g/mol. The van der Waals surface area contributed by atoms with E-state index in [1.54, 1.807) is 27.9 Å². The van der Waals surface area contributed by atoms with Crippen LogP contribution in [-0.2, 0) is 51.2 Å². The van der Waals surface area contributed by atoms with Crippen LogP contribution in [0, 0.1) is 22.7 Å². The maximum atomic E-state index is 14.7. The van der Waals surface area contributed by atoms with Crippen molar-refractivity contribution in [2.75, 3.05) is 27.2 Å². The predicted octanol–water partition coefficient (Wildman–Crippen LogP) is 3.63. The van der Waals surface area contributed by atoms with Gasteiger partial charge in [0.1, 0.15) is 24.2 Å². The number of aryl methyl sites for hydroxylation is 2. The number of likely N-dealkylation sites (N-methyl/N-ethyl adjacent to an activating group) is 2. The SMILES string of the molecule is CN[C@@H](C)C(=O)N[C@H](C(=O)N1C[C@@H](NC(=O)C2CCC(C(=O)N[C@H]3C[C@@H](C(=O)N[C@@H]4CCCc5ccccc54)N(C(=O)[C@@H](NC(=O)[C@H](C)NC)C(C)(C)C)C3)CC2)C[C@H]1C(=O)NC1CCCc2ccccc21)C(C)(C)C. The van der Waals surface area contributed by atoms with E-state index in [9.17, 15) is 38.4 Å². The second-order valence-corrected chi connectivity index (χ2v) is 24.4. The van der Waals surface area contributed by atoms with Crippen LogP contribution in [-0.4, -0.2) is 133 Å². The first-order valence-corrected chi connectivity index (χ1v) is 27.9. The molecule has 416 valence electrons. The highest BCUT2D eigenvalue weighted by atomic mass is 16.2. The lowest BCUT2D eigenvalue weighted by molar-refractivity contribution is -0.144. The number of rotatable bonds is 16. The van der Waals surface area contributed by atoms with Crippen LogP contribution in [0.3, 0.4) is 0 Å². The molecule has 76 heavy (non-hydrogen) atoms. The highest BCUT2D eigenvalue weighted by Gasteiger charge is 2.49. The Labute approximate surface area is 449 Å². The van der Waals surface area contributed by atoms with Crippen LogP contribution in [0.2, 0.25) is 0 Å². The summed E-state index contributed by atoms with van der Waals surface area (Å²) in [5.74, 6) is -3.31. The zero-order valence-corrected chi connectivity index (χ0v) is 46.6. The summed E-state index contributed by atoms with van der Waals surface area (Å²) in [5.41, 5.74) is 3.08. The van der Waals surface area contributed by atoms with Gasteiger partial charge in [0.2, 0.25) is 47.3 Å². The molecule has 2 aliphatic heterocycles. The first-order chi connectivity index (χ1) is 36.0. The van der Waals surface area contributed by atoms with Gasteiger partial charge in [-0.25, -0.2) is 0 Å². The van der Waals surface area contributed by atoms with Gasteiger partial charge in [0.25, 0.3) is 0 Å². The molecular formula is C58H86N10O8. The van der Waals surface area contributed by atoms with Gasteiger partial charge in [0, 0.05) is 37.0 Å². The third-order valence-corrected chi connectivity index (χ3v) is 16.8. The second-order valence-electron chi connectivity index (χ2n) is 24.4. The fourth-order valence-corrected chi connectivity index (χ4v) is 11.9. The van der Waals surface area contributed by atoms with Crippen LogP contribution in [0.15, 0.2) is 48.5 Å². The van der Waals surface area contributed by atoms with Crippen molar-refractivity contribution in [3.63, 3.8) is 0 Å². The number of nitrogens with one attached hydrogen (secondary N) is 8. The quantitative estimate of drug-likeness (QED) is 0.122. The summed E-state index contributed by atoms with van der Waals surface area (Å²) in [6, 6.07) is 9.80. The van der Waals surface area contributed by atoms with E-state index in [0.29, 0.717) is 25.7 Å². The number of amides is 8. The number of hydrogen-bond donors (Lipinski definition) is 8. The van der Waals surface area contributed by atoms with Crippen LogP contribution in [0.4, 0.5) is 0 Å². The molecule has 0 radical (unpaired) electrons. The molecule has 3 fully saturated rings. The number of benzene rings is 2. The third-order valence-electron chi connectivity index (χ3n) is 16.8. The van der Waals surface area contributed by atoms with Crippen molar-refractivity contribution in [1.82, 2.24) is 52.3 Å². The minimum Gasteiger partial charge on any atom is -0.351 e. The van der Waals surface area contributed by atoms with Gasteiger partial charge >= 0.3 is 0 Å². The van der Waals surface area contributed by atoms with Crippen molar-refractivity contribution in [1.29, 1.82) is 0 Å². The fourth-order valence-electron chi connectivity index (χ4n) is 11.9.